The van der Waals surface area contributed by atoms with E-state index in [1.807, 2.05) is 4.68 Å². The van der Waals surface area contributed by atoms with E-state index in [4.69, 9.17) is 14.8 Å². The molecule has 0 aliphatic carbocycles. The molecular weight excluding hydrogens is 404 g/mol. The summed E-state index contributed by atoms with van der Waals surface area (Å²) in [6.07, 6.45) is 0. The van der Waals surface area contributed by atoms with Crippen LogP contribution >= 0.6 is 11.3 Å². The number of nitrogens with zero attached hydrogens (tertiary/aromatic N) is 4. The number of hydrogen-bond donors (Lipinski definition) is 0. The second-order valence-electron chi connectivity index (χ2n) is 8.14. The van der Waals surface area contributed by atoms with Crippen LogP contribution in [0.5, 0.6) is 0 Å². The molecule has 0 spiro atoms. The fraction of sp³-hybridized carbons (Fsp3) is 0.360. The number of ether oxygens (including phenoxy) is 1. The molecule has 0 atom stereocenters. The van der Waals surface area contributed by atoms with Crippen LogP contribution in [0.3, 0.4) is 0 Å². The summed E-state index contributed by atoms with van der Waals surface area (Å²) >= 11 is 1.63. The molecule has 31 heavy (non-hydrogen) atoms. The molecular formula is C25H30N4OS. The van der Waals surface area contributed by atoms with E-state index in [1.54, 1.807) is 11.3 Å². The van der Waals surface area contributed by atoms with E-state index >= 15 is 0 Å². The Balaban J connectivity index is 1.69. The summed E-state index contributed by atoms with van der Waals surface area (Å²) in [5, 5.41) is 7.14. The van der Waals surface area contributed by atoms with E-state index in [2.05, 4.69) is 86.5 Å². The quantitative estimate of drug-likeness (QED) is 0.534. The van der Waals surface area contributed by atoms with Gasteiger partial charge in [0.1, 0.15) is 0 Å². The third-order valence-corrected chi connectivity index (χ3v) is 6.14. The van der Waals surface area contributed by atoms with Gasteiger partial charge in [-0.25, -0.2) is 4.68 Å². The Morgan fingerprint density at radius 2 is 1.68 bits per heavy atom. The van der Waals surface area contributed by atoms with Crippen LogP contribution in [0.25, 0.3) is 11.3 Å². The zero-order chi connectivity index (χ0) is 21.8. The Hall–Kier alpha value is -2.70. The summed E-state index contributed by atoms with van der Waals surface area (Å²) in [6, 6.07) is 17.4. The van der Waals surface area contributed by atoms with Crippen molar-refractivity contribution in [2.45, 2.75) is 33.7 Å². The number of benzene rings is 2. The highest BCUT2D eigenvalue weighted by atomic mass is 32.1. The lowest BCUT2D eigenvalue weighted by atomic mass is 10.1. The molecule has 6 heteroatoms. The number of rotatable bonds is 5. The Morgan fingerprint density at radius 3 is 2.32 bits per heavy atom. The standard InChI is InChI=1S/C25H30N4OS/c1-18(2)26-25-29(24(17-31-25)22-7-5-19(3)6-8-22)27-20(4)21-9-11-23(12-10-21)28-13-15-30-16-14-28/h5-12,17-18H,13-16H2,1-4H3. The third kappa shape index (κ3) is 5.14. The fourth-order valence-corrected chi connectivity index (χ4v) is 4.54. The van der Waals surface area contributed by atoms with Crippen LogP contribution in [0.1, 0.15) is 31.9 Å². The molecule has 3 aromatic rings. The summed E-state index contributed by atoms with van der Waals surface area (Å²) < 4.78 is 7.45. The van der Waals surface area contributed by atoms with Gasteiger partial charge < -0.3 is 9.64 Å². The predicted octanol–water partition coefficient (Wildman–Crippen LogP) is 4.94. The summed E-state index contributed by atoms with van der Waals surface area (Å²) in [7, 11) is 0. The van der Waals surface area contributed by atoms with Gasteiger partial charge in [0.15, 0.2) is 0 Å². The minimum Gasteiger partial charge on any atom is -0.378 e. The highest BCUT2D eigenvalue weighted by Gasteiger charge is 2.12. The van der Waals surface area contributed by atoms with Gasteiger partial charge in [0.25, 0.3) is 0 Å². The number of aromatic nitrogens is 1. The van der Waals surface area contributed by atoms with Crippen molar-refractivity contribution in [1.29, 1.82) is 0 Å². The minimum atomic E-state index is 0.207. The number of hydrogen-bond acceptors (Lipinski definition) is 5. The third-order valence-electron chi connectivity index (χ3n) is 5.31. The molecule has 2 aromatic carbocycles. The second kappa shape index (κ2) is 9.62. The fourth-order valence-electron chi connectivity index (χ4n) is 3.57. The monoisotopic (exact) mass is 434 g/mol. The molecule has 0 radical (unpaired) electrons. The molecule has 0 unspecified atom stereocenters. The Labute approximate surface area is 188 Å². The van der Waals surface area contributed by atoms with Crippen molar-refractivity contribution in [3.05, 3.63) is 69.8 Å². The lowest BCUT2D eigenvalue weighted by Crippen LogP contribution is -2.36. The Bertz CT molecular complexity index is 1100. The van der Waals surface area contributed by atoms with Crippen LogP contribution < -0.4 is 9.70 Å². The van der Waals surface area contributed by atoms with Crippen LogP contribution in [0, 0.1) is 6.92 Å². The SMILES string of the molecule is CC(=Nn1c(-c2ccc(C)cc2)csc1=NC(C)C)c1ccc(N2CCOCC2)cc1. The average Bonchev–Trinajstić information content (AvgIpc) is 3.16. The van der Waals surface area contributed by atoms with Gasteiger partial charge in [-0.15, -0.1) is 11.3 Å². The van der Waals surface area contributed by atoms with Gasteiger partial charge in [0.05, 0.1) is 24.6 Å². The molecule has 1 aliphatic rings. The first kappa shape index (κ1) is 21.5. The number of thiazole rings is 1. The summed E-state index contributed by atoms with van der Waals surface area (Å²) in [5.41, 5.74) is 6.77. The van der Waals surface area contributed by atoms with Crippen molar-refractivity contribution in [3.8, 4) is 11.3 Å². The highest BCUT2D eigenvalue weighted by Crippen LogP contribution is 2.22. The highest BCUT2D eigenvalue weighted by molar-refractivity contribution is 7.07. The largest absolute Gasteiger partial charge is 0.378 e. The van der Waals surface area contributed by atoms with E-state index in [0.717, 1.165) is 53.6 Å². The molecule has 1 aliphatic heterocycles. The van der Waals surface area contributed by atoms with E-state index in [-0.39, 0.29) is 6.04 Å². The smallest absolute Gasteiger partial charge is 0.206 e. The van der Waals surface area contributed by atoms with Crippen LogP contribution in [-0.4, -0.2) is 42.7 Å². The first-order valence-electron chi connectivity index (χ1n) is 10.8. The van der Waals surface area contributed by atoms with Gasteiger partial charge in [-0.05, 0) is 45.4 Å². The molecule has 0 saturated carbocycles. The van der Waals surface area contributed by atoms with Crippen LogP contribution in [0.2, 0.25) is 0 Å². The van der Waals surface area contributed by atoms with Crippen LogP contribution in [0.4, 0.5) is 5.69 Å². The van der Waals surface area contributed by atoms with E-state index in [1.165, 1.54) is 11.3 Å². The van der Waals surface area contributed by atoms with Gasteiger partial charge in [-0.3, -0.25) is 4.99 Å². The topological polar surface area (TPSA) is 42.1 Å². The number of anilines is 1. The Morgan fingerprint density at radius 1 is 1.00 bits per heavy atom. The van der Waals surface area contributed by atoms with Gasteiger partial charge >= 0.3 is 0 Å². The van der Waals surface area contributed by atoms with E-state index < -0.39 is 0 Å². The molecule has 1 saturated heterocycles. The van der Waals surface area contributed by atoms with E-state index in [0.29, 0.717) is 0 Å². The Kier molecular flexibility index (Phi) is 6.68. The van der Waals surface area contributed by atoms with Crippen LogP contribution in [-0.2, 0) is 4.74 Å². The van der Waals surface area contributed by atoms with Gasteiger partial charge in [-0.1, -0.05) is 42.0 Å². The maximum absolute atomic E-state index is 5.46. The van der Waals surface area contributed by atoms with Gasteiger partial charge in [-0.2, -0.15) is 5.10 Å². The number of morpholine rings is 1. The minimum absolute atomic E-state index is 0.207. The first-order valence-corrected chi connectivity index (χ1v) is 11.7. The maximum Gasteiger partial charge on any atom is 0.206 e. The number of aryl methyl sites for hydroxylation is 1. The lowest BCUT2D eigenvalue weighted by Gasteiger charge is -2.28. The van der Waals surface area contributed by atoms with Crippen molar-refractivity contribution >= 4 is 22.7 Å². The zero-order valence-electron chi connectivity index (χ0n) is 18.7. The van der Waals surface area contributed by atoms with Crippen molar-refractivity contribution in [1.82, 2.24) is 4.68 Å². The summed E-state index contributed by atoms with van der Waals surface area (Å²) in [5.74, 6) is 0. The molecule has 2 heterocycles. The molecule has 0 bridgehead atoms. The summed E-state index contributed by atoms with van der Waals surface area (Å²) in [4.78, 5) is 8.08. The first-order chi connectivity index (χ1) is 15.0. The van der Waals surface area contributed by atoms with Crippen molar-refractivity contribution < 1.29 is 4.74 Å². The average molecular weight is 435 g/mol. The van der Waals surface area contributed by atoms with Crippen LogP contribution in [0.15, 0.2) is 64.0 Å². The lowest BCUT2D eigenvalue weighted by molar-refractivity contribution is 0.122. The molecule has 1 aromatic heterocycles. The molecule has 162 valence electrons. The van der Waals surface area contributed by atoms with Crippen molar-refractivity contribution in [3.63, 3.8) is 0 Å². The van der Waals surface area contributed by atoms with E-state index in [9.17, 15) is 0 Å². The molecule has 0 amide bonds. The summed E-state index contributed by atoms with van der Waals surface area (Å²) in [6.45, 7) is 11.8. The molecule has 1 fully saturated rings. The van der Waals surface area contributed by atoms with Crippen molar-refractivity contribution in [2.24, 2.45) is 10.1 Å². The predicted molar refractivity (Wildman–Crippen MR) is 130 cm³/mol. The van der Waals surface area contributed by atoms with Gasteiger partial charge in [0, 0.05) is 35.8 Å². The molecule has 5 nitrogen and oxygen atoms in total. The normalized spacial score (nSPS) is 15.7. The van der Waals surface area contributed by atoms with Crippen molar-refractivity contribution in [2.75, 3.05) is 31.2 Å². The van der Waals surface area contributed by atoms with Gasteiger partial charge in [0.2, 0.25) is 4.80 Å². The zero-order valence-corrected chi connectivity index (χ0v) is 19.5. The maximum atomic E-state index is 5.46. The molecule has 0 N–H and O–H groups in total. The molecule has 4 rings (SSSR count). The second-order valence-corrected chi connectivity index (χ2v) is 8.97.